The summed E-state index contributed by atoms with van der Waals surface area (Å²) in [6.07, 6.45) is 0. The average molecular weight is 804 g/mol. The van der Waals surface area contributed by atoms with Crippen molar-refractivity contribution < 1.29 is 0 Å². The van der Waals surface area contributed by atoms with Crippen LogP contribution in [0.15, 0.2) is 163 Å². The fraction of sp³-hybridized carbons (Fsp3) is 0. The van der Waals surface area contributed by atoms with Crippen LogP contribution in [-0.2, 0) is 0 Å². The third kappa shape index (κ3) is 6.70. The molecule has 6 aromatic carbocycles. The van der Waals surface area contributed by atoms with E-state index in [9.17, 15) is 0 Å². The van der Waals surface area contributed by atoms with Gasteiger partial charge >= 0.3 is 0 Å². The van der Waals surface area contributed by atoms with Gasteiger partial charge < -0.3 is 0 Å². The molecule has 2 nitrogen and oxygen atoms in total. The molecule has 0 saturated carbocycles. The zero-order valence-corrected chi connectivity index (χ0v) is 28.6. The Bertz CT molecular complexity index is 1540. The molecule has 6 rings (SSSR count). The van der Waals surface area contributed by atoms with Gasteiger partial charge in [-0.3, -0.25) is 0 Å². The number of nitrogens with zero attached hydrogens (tertiary/aromatic N) is 2. The first-order valence-corrected chi connectivity index (χ1v) is 16.4. The lowest BCUT2D eigenvalue weighted by Gasteiger charge is -2.13. The summed E-state index contributed by atoms with van der Waals surface area (Å²) < 4.78 is 4.22. The molecule has 0 aromatic heterocycles. The summed E-state index contributed by atoms with van der Waals surface area (Å²) in [7, 11) is 0. The first-order valence-electron chi connectivity index (χ1n) is 13.3. The highest BCUT2D eigenvalue weighted by Crippen LogP contribution is 2.38. The van der Waals surface area contributed by atoms with Crippen LogP contribution in [0.4, 0.5) is 34.1 Å². The third-order valence-electron chi connectivity index (χ3n) is 6.92. The van der Waals surface area contributed by atoms with Gasteiger partial charge in [-0.15, -0.1) is 0 Å². The second-order valence-electron chi connectivity index (χ2n) is 9.67. The first-order chi connectivity index (χ1) is 20.4. The van der Waals surface area contributed by atoms with Gasteiger partial charge in [-0.2, -0.15) is 0 Å². The summed E-state index contributed by atoms with van der Waals surface area (Å²) in [4.78, 5) is 4.53. The van der Waals surface area contributed by atoms with E-state index in [0.717, 1.165) is 63.1 Å². The Morgan fingerprint density at radius 3 is 0.595 bits per heavy atom. The molecule has 0 N–H and O–H groups in total. The Morgan fingerprint density at radius 1 is 0.238 bits per heavy atom. The van der Waals surface area contributed by atoms with E-state index in [1.54, 1.807) is 0 Å². The van der Waals surface area contributed by atoms with Gasteiger partial charge in [0, 0.05) is 90.7 Å². The van der Waals surface area contributed by atoms with E-state index in [-0.39, 0.29) is 0 Å². The lowest BCUT2D eigenvalue weighted by molar-refractivity contribution is 0.929. The maximum atomic E-state index is 3.57. The van der Waals surface area contributed by atoms with Gasteiger partial charge in [0.15, 0.2) is 34.1 Å². The van der Waals surface area contributed by atoms with Crippen LogP contribution in [0.1, 0.15) is 0 Å². The Balaban J connectivity index is 1.31. The number of rotatable bonds is 7. The normalized spacial score (nSPS) is 11.3. The summed E-state index contributed by atoms with van der Waals surface area (Å²) in [5.41, 5.74) is 8.90. The zero-order valence-electron chi connectivity index (χ0n) is 22.3. The smallest absolute Gasteiger partial charge is 0.0593 e. The topological polar surface area (TPSA) is 11.8 Å². The highest BCUT2D eigenvalue weighted by atomic mass is 79.9. The lowest BCUT2D eigenvalue weighted by atomic mass is 10.0. The lowest BCUT2D eigenvalue weighted by Crippen LogP contribution is -2.11. The van der Waals surface area contributed by atoms with Gasteiger partial charge in [0.2, 0.25) is 0 Å². The molecule has 0 spiro atoms. The van der Waals surface area contributed by atoms with Crippen molar-refractivity contribution in [1.82, 2.24) is 9.80 Å². The highest BCUT2D eigenvalue weighted by Gasteiger charge is 2.27. The molecule has 0 aliphatic carbocycles. The Morgan fingerprint density at radius 2 is 0.405 bits per heavy atom. The first kappa shape index (κ1) is 29.2. The predicted molar refractivity (Wildman–Crippen MR) is 191 cm³/mol. The van der Waals surface area contributed by atoms with Crippen LogP contribution >= 0.6 is 63.7 Å². The predicted octanol–water partition coefficient (Wildman–Crippen LogP) is 13.3. The Hall–Kier alpha value is -2.84. The quantitative estimate of drug-likeness (QED) is 0.143. The molecule has 42 heavy (non-hydrogen) atoms. The van der Waals surface area contributed by atoms with Crippen molar-refractivity contribution in [3.8, 4) is 11.1 Å². The summed E-state index contributed by atoms with van der Waals surface area (Å²) in [6.45, 7) is 0. The Kier molecular flexibility index (Phi) is 9.20. The van der Waals surface area contributed by atoms with Crippen LogP contribution in [0.2, 0.25) is 0 Å². The van der Waals surface area contributed by atoms with Crippen molar-refractivity contribution in [3.05, 3.63) is 163 Å². The van der Waals surface area contributed by atoms with Gasteiger partial charge in [-0.25, -0.2) is 0 Å². The molecule has 0 saturated heterocycles. The highest BCUT2D eigenvalue weighted by molar-refractivity contribution is 9.11. The summed E-state index contributed by atoms with van der Waals surface area (Å²) in [6, 6.07) is 51.1. The molecule has 2 radical (unpaired) electrons. The minimum absolute atomic E-state index is 1.06. The van der Waals surface area contributed by atoms with Crippen molar-refractivity contribution in [2.24, 2.45) is 0 Å². The van der Waals surface area contributed by atoms with E-state index >= 15 is 0 Å². The number of hydrogen-bond acceptors (Lipinski definition) is 2. The van der Waals surface area contributed by atoms with E-state index in [1.165, 1.54) is 0 Å². The van der Waals surface area contributed by atoms with E-state index in [2.05, 4.69) is 219 Å². The summed E-state index contributed by atoms with van der Waals surface area (Å²) >= 11 is 14.3. The van der Waals surface area contributed by atoms with Gasteiger partial charge in [-0.1, -0.05) is 73.5 Å². The number of benzene rings is 6. The molecule has 204 valence electrons. The minimum Gasteiger partial charge on any atom is -0.0593 e. The number of anilines is 6. The maximum absolute atomic E-state index is 3.57. The number of hydrogen-bond donors (Lipinski definition) is 0. The van der Waals surface area contributed by atoms with Gasteiger partial charge in [0.05, 0.1) is 0 Å². The molecule has 0 heterocycles. The van der Waals surface area contributed by atoms with Gasteiger partial charge in [0.25, 0.3) is 0 Å². The largest absolute Gasteiger partial charge is 0.192 e. The average Bonchev–Trinajstić information content (AvgIpc) is 3.02. The zero-order chi connectivity index (χ0) is 29.1. The van der Waals surface area contributed by atoms with Crippen LogP contribution < -0.4 is 9.80 Å². The van der Waals surface area contributed by atoms with Crippen LogP contribution in [0.5, 0.6) is 0 Å². The fourth-order valence-corrected chi connectivity index (χ4v) is 5.92. The number of halogens is 4. The van der Waals surface area contributed by atoms with Crippen molar-refractivity contribution >= 4 is 97.8 Å². The van der Waals surface area contributed by atoms with Gasteiger partial charge in [0.1, 0.15) is 0 Å². The third-order valence-corrected chi connectivity index (χ3v) is 9.04. The fourth-order valence-electron chi connectivity index (χ4n) is 4.86. The van der Waals surface area contributed by atoms with Crippen LogP contribution in [0, 0.1) is 0 Å². The molecule has 0 amide bonds. The molecule has 0 bridgehead atoms. The molecular formula is C36H24Br4N2+2. The van der Waals surface area contributed by atoms with Gasteiger partial charge in [-0.05, 0) is 83.9 Å². The van der Waals surface area contributed by atoms with E-state index in [1.807, 2.05) is 0 Å². The SMILES string of the molecule is Brc1ccc([N+](c2ccc(Br)cc2)c2ccc(-c3ccc([N+](c4ccc(Br)cc4)c4ccc(Br)cc4)cc3)cc2)cc1. The molecule has 0 aliphatic rings. The monoisotopic (exact) mass is 800 g/mol. The molecule has 0 fully saturated rings. The van der Waals surface area contributed by atoms with E-state index in [0.29, 0.717) is 0 Å². The summed E-state index contributed by atoms with van der Waals surface area (Å²) in [5, 5.41) is 0. The minimum atomic E-state index is 1.06. The second-order valence-corrected chi connectivity index (χ2v) is 13.3. The van der Waals surface area contributed by atoms with Crippen molar-refractivity contribution in [3.63, 3.8) is 0 Å². The standard InChI is InChI=1S/C36H24Br4N2/c37-27-5-17-33(18-6-27)41(34-19-7-28(38)8-20-34)31-13-1-25(2-14-31)26-3-15-32(16-4-26)42(35-21-9-29(39)10-22-35)36-23-11-30(40)12-24-36/h1-24H/q+2. The molecule has 0 atom stereocenters. The van der Waals surface area contributed by atoms with Crippen molar-refractivity contribution in [2.45, 2.75) is 0 Å². The molecule has 6 aromatic rings. The molecule has 6 heteroatoms. The maximum Gasteiger partial charge on any atom is 0.192 e. The Labute approximate surface area is 280 Å². The second kappa shape index (κ2) is 13.2. The molecule has 0 aliphatic heterocycles. The van der Waals surface area contributed by atoms with Crippen molar-refractivity contribution in [1.29, 1.82) is 0 Å². The van der Waals surface area contributed by atoms with Crippen LogP contribution in [-0.4, -0.2) is 0 Å². The molecule has 0 unspecified atom stereocenters. The van der Waals surface area contributed by atoms with E-state index < -0.39 is 0 Å². The summed E-state index contributed by atoms with van der Waals surface area (Å²) in [5.74, 6) is 0. The van der Waals surface area contributed by atoms with Crippen LogP contribution in [0.3, 0.4) is 0 Å². The van der Waals surface area contributed by atoms with Crippen molar-refractivity contribution in [2.75, 3.05) is 0 Å². The van der Waals surface area contributed by atoms with E-state index in [4.69, 9.17) is 0 Å². The molecular weight excluding hydrogens is 780 g/mol. The van der Waals surface area contributed by atoms with Crippen LogP contribution in [0.25, 0.3) is 11.1 Å².